The molecule has 106 valence electrons. The van der Waals surface area contributed by atoms with Gasteiger partial charge in [0, 0.05) is 11.6 Å². The van der Waals surface area contributed by atoms with Crippen LogP contribution in [0.25, 0.3) is 0 Å². The van der Waals surface area contributed by atoms with Gasteiger partial charge in [-0.15, -0.1) is 0 Å². The van der Waals surface area contributed by atoms with Crippen molar-refractivity contribution < 1.29 is 4.74 Å². The van der Waals surface area contributed by atoms with Crippen LogP contribution in [-0.4, -0.2) is 11.5 Å². The number of aromatic nitrogens is 1. The first kappa shape index (κ1) is 15.3. The molecule has 0 amide bonds. The van der Waals surface area contributed by atoms with Crippen LogP contribution in [0.2, 0.25) is 5.02 Å². The molecule has 1 heterocycles. The lowest BCUT2D eigenvalue weighted by atomic mass is 10.3. The second-order valence-electron chi connectivity index (χ2n) is 4.26. The standard InChI is InChI=1S/C15H16BrClN2O/c1-2-18-9-12-4-3-5-13(19-12)10-20-15-7-6-11(17)8-14(15)16/h3-8,18H,2,9-10H2,1H3. The van der Waals surface area contributed by atoms with Crippen LogP contribution in [-0.2, 0) is 13.2 Å². The van der Waals surface area contributed by atoms with Crippen LogP contribution < -0.4 is 10.1 Å². The predicted molar refractivity (Wildman–Crippen MR) is 85.1 cm³/mol. The Balaban J connectivity index is 1.99. The van der Waals surface area contributed by atoms with Crippen molar-refractivity contribution in [3.63, 3.8) is 0 Å². The maximum atomic E-state index is 5.90. The van der Waals surface area contributed by atoms with E-state index in [2.05, 4.69) is 33.2 Å². The minimum atomic E-state index is 0.431. The van der Waals surface area contributed by atoms with E-state index in [0.717, 1.165) is 34.7 Å². The molecule has 0 unspecified atom stereocenters. The van der Waals surface area contributed by atoms with Gasteiger partial charge in [0.05, 0.1) is 15.9 Å². The van der Waals surface area contributed by atoms with E-state index in [1.165, 1.54) is 0 Å². The Hall–Kier alpha value is -1.10. The van der Waals surface area contributed by atoms with Crippen molar-refractivity contribution in [3.8, 4) is 5.75 Å². The molecule has 0 aliphatic carbocycles. The minimum absolute atomic E-state index is 0.431. The normalized spacial score (nSPS) is 10.6. The molecule has 0 bridgehead atoms. The highest BCUT2D eigenvalue weighted by atomic mass is 79.9. The highest BCUT2D eigenvalue weighted by Crippen LogP contribution is 2.28. The van der Waals surface area contributed by atoms with Gasteiger partial charge >= 0.3 is 0 Å². The van der Waals surface area contributed by atoms with E-state index < -0.39 is 0 Å². The van der Waals surface area contributed by atoms with Crippen molar-refractivity contribution in [2.45, 2.75) is 20.1 Å². The van der Waals surface area contributed by atoms with Crippen molar-refractivity contribution in [2.24, 2.45) is 0 Å². The molecule has 1 aromatic heterocycles. The summed E-state index contributed by atoms with van der Waals surface area (Å²) >= 11 is 9.33. The third kappa shape index (κ3) is 4.47. The maximum absolute atomic E-state index is 5.90. The summed E-state index contributed by atoms with van der Waals surface area (Å²) in [5, 5.41) is 3.93. The van der Waals surface area contributed by atoms with Crippen molar-refractivity contribution >= 4 is 27.5 Å². The molecule has 2 rings (SSSR count). The third-order valence-electron chi connectivity index (χ3n) is 2.69. The van der Waals surface area contributed by atoms with Crippen LogP contribution in [0.3, 0.4) is 0 Å². The molecule has 0 atom stereocenters. The Morgan fingerprint density at radius 1 is 1.25 bits per heavy atom. The van der Waals surface area contributed by atoms with Gasteiger partial charge in [0.1, 0.15) is 12.4 Å². The third-order valence-corrected chi connectivity index (χ3v) is 3.54. The number of nitrogens with one attached hydrogen (secondary N) is 1. The summed E-state index contributed by atoms with van der Waals surface area (Å²) in [7, 11) is 0. The van der Waals surface area contributed by atoms with Crippen molar-refractivity contribution in [2.75, 3.05) is 6.54 Å². The largest absolute Gasteiger partial charge is 0.486 e. The van der Waals surface area contributed by atoms with E-state index in [0.29, 0.717) is 11.6 Å². The quantitative estimate of drug-likeness (QED) is 0.844. The van der Waals surface area contributed by atoms with E-state index in [9.17, 15) is 0 Å². The molecule has 0 aliphatic rings. The van der Waals surface area contributed by atoms with Gasteiger partial charge in [0.25, 0.3) is 0 Å². The summed E-state index contributed by atoms with van der Waals surface area (Å²) < 4.78 is 6.59. The van der Waals surface area contributed by atoms with E-state index in [1.807, 2.05) is 30.3 Å². The fraction of sp³-hybridized carbons (Fsp3) is 0.267. The van der Waals surface area contributed by atoms with Gasteiger partial charge in [-0.2, -0.15) is 0 Å². The highest BCUT2D eigenvalue weighted by molar-refractivity contribution is 9.10. The fourth-order valence-corrected chi connectivity index (χ4v) is 2.50. The Morgan fingerprint density at radius 3 is 2.80 bits per heavy atom. The topological polar surface area (TPSA) is 34.1 Å². The Morgan fingerprint density at radius 2 is 2.05 bits per heavy atom. The van der Waals surface area contributed by atoms with Gasteiger partial charge in [-0.05, 0) is 52.8 Å². The molecule has 3 nitrogen and oxygen atoms in total. The lowest BCUT2D eigenvalue weighted by Gasteiger charge is -2.09. The lowest BCUT2D eigenvalue weighted by Crippen LogP contribution is -2.13. The lowest BCUT2D eigenvalue weighted by molar-refractivity contribution is 0.299. The summed E-state index contributed by atoms with van der Waals surface area (Å²) in [5.41, 5.74) is 1.92. The summed E-state index contributed by atoms with van der Waals surface area (Å²) in [6, 6.07) is 11.4. The summed E-state index contributed by atoms with van der Waals surface area (Å²) in [6.45, 7) is 4.21. The average molecular weight is 356 g/mol. The number of halogens is 2. The monoisotopic (exact) mass is 354 g/mol. The molecule has 5 heteroatoms. The van der Waals surface area contributed by atoms with E-state index in [-0.39, 0.29) is 0 Å². The zero-order valence-electron chi connectivity index (χ0n) is 11.2. The molecule has 1 aromatic carbocycles. The Labute approximate surface area is 132 Å². The van der Waals surface area contributed by atoms with Gasteiger partial charge < -0.3 is 10.1 Å². The number of rotatable bonds is 6. The van der Waals surface area contributed by atoms with E-state index in [4.69, 9.17) is 16.3 Å². The van der Waals surface area contributed by atoms with Crippen molar-refractivity contribution in [3.05, 3.63) is 57.3 Å². The van der Waals surface area contributed by atoms with E-state index >= 15 is 0 Å². The number of nitrogens with zero attached hydrogens (tertiary/aromatic N) is 1. The maximum Gasteiger partial charge on any atom is 0.134 e. The van der Waals surface area contributed by atoms with Gasteiger partial charge in [-0.25, -0.2) is 0 Å². The molecule has 0 fully saturated rings. The van der Waals surface area contributed by atoms with Crippen molar-refractivity contribution in [1.82, 2.24) is 10.3 Å². The van der Waals surface area contributed by atoms with E-state index in [1.54, 1.807) is 6.07 Å². The van der Waals surface area contributed by atoms with Crippen LogP contribution in [0.15, 0.2) is 40.9 Å². The zero-order chi connectivity index (χ0) is 14.4. The summed E-state index contributed by atoms with van der Waals surface area (Å²) in [4.78, 5) is 4.54. The molecule has 0 radical (unpaired) electrons. The molecule has 0 aliphatic heterocycles. The first-order valence-corrected chi connectivity index (χ1v) is 7.59. The summed E-state index contributed by atoms with van der Waals surface area (Å²) in [6.07, 6.45) is 0. The second-order valence-corrected chi connectivity index (χ2v) is 5.55. The van der Waals surface area contributed by atoms with Gasteiger partial charge in [-0.3, -0.25) is 4.98 Å². The second kappa shape index (κ2) is 7.62. The summed E-state index contributed by atoms with van der Waals surface area (Å²) in [5.74, 6) is 0.758. The number of ether oxygens (including phenoxy) is 1. The van der Waals surface area contributed by atoms with Crippen LogP contribution >= 0.6 is 27.5 Å². The predicted octanol–water partition coefficient (Wildman–Crippen LogP) is 4.19. The fourth-order valence-electron chi connectivity index (χ4n) is 1.71. The first-order valence-electron chi connectivity index (χ1n) is 6.42. The molecule has 0 saturated carbocycles. The average Bonchev–Trinajstić information content (AvgIpc) is 2.45. The van der Waals surface area contributed by atoms with Crippen LogP contribution in [0, 0.1) is 0 Å². The Bertz CT molecular complexity index is 578. The molecule has 2 aromatic rings. The van der Waals surface area contributed by atoms with Crippen LogP contribution in [0.4, 0.5) is 0 Å². The minimum Gasteiger partial charge on any atom is -0.486 e. The number of pyridine rings is 1. The number of hydrogen-bond acceptors (Lipinski definition) is 3. The smallest absolute Gasteiger partial charge is 0.134 e. The SMILES string of the molecule is CCNCc1cccc(COc2ccc(Cl)cc2Br)n1. The van der Waals surface area contributed by atoms with Crippen LogP contribution in [0.5, 0.6) is 5.75 Å². The number of hydrogen-bond donors (Lipinski definition) is 1. The molecule has 1 N–H and O–H groups in total. The van der Waals surface area contributed by atoms with Gasteiger partial charge in [0.2, 0.25) is 0 Å². The van der Waals surface area contributed by atoms with Crippen molar-refractivity contribution in [1.29, 1.82) is 0 Å². The first-order chi connectivity index (χ1) is 9.69. The Kier molecular flexibility index (Phi) is 5.83. The molecule has 0 spiro atoms. The van der Waals surface area contributed by atoms with Gasteiger partial charge in [0.15, 0.2) is 0 Å². The zero-order valence-corrected chi connectivity index (χ0v) is 13.5. The van der Waals surface area contributed by atoms with Gasteiger partial charge in [-0.1, -0.05) is 24.6 Å². The van der Waals surface area contributed by atoms with Crippen LogP contribution in [0.1, 0.15) is 18.3 Å². The highest BCUT2D eigenvalue weighted by Gasteiger charge is 2.04. The number of benzene rings is 1. The molecule has 0 saturated heterocycles. The molecule has 20 heavy (non-hydrogen) atoms. The molecular weight excluding hydrogens is 340 g/mol. The molecular formula is C15H16BrClN2O.